The molecular formula is C16H21N3O2. The lowest BCUT2D eigenvalue weighted by atomic mass is 10.1. The molecule has 2 aromatic rings. The molecule has 0 saturated carbocycles. The van der Waals surface area contributed by atoms with E-state index in [2.05, 4.69) is 29.3 Å². The standard InChI is InChI=1S/C16H21N3O2/c1-11(10-17-14-8-9-20-12(14)2)16-18-15(19-21-16)13-6-4-3-5-7-13/h3-7,11-12,14,17H,8-10H2,1-2H3. The van der Waals surface area contributed by atoms with Crippen LogP contribution in [0.3, 0.4) is 0 Å². The summed E-state index contributed by atoms with van der Waals surface area (Å²) >= 11 is 0. The highest BCUT2D eigenvalue weighted by molar-refractivity contribution is 5.53. The fourth-order valence-corrected chi connectivity index (χ4v) is 2.56. The maximum atomic E-state index is 5.55. The van der Waals surface area contributed by atoms with Crippen LogP contribution in [0.5, 0.6) is 0 Å². The molecule has 1 aliphatic rings. The van der Waals surface area contributed by atoms with E-state index in [0.29, 0.717) is 17.8 Å². The molecule has 112 valence electrons. The summed E-state index contributed by atoms with van der Waals surface area (Å²) in [5, 5.41) is 7.59. The summed E-state index contributed by atoms with van der Waals surface area (Å²) < 4.78 is 10.9. The second-order valence-electron chi connectivity index (χ2n) is 5.60. The number of aromatic nitrogens is 2. The molecule has 0 radical (unpaired) electrons. The van der Waals surface area contributed by atoms with Crippen LogP contribution in [-0.2, 0) is 4.74 Å². The molecule has 0 bridgehead atoms. The monoisotopic (exact) mass is 287 g/mol. The number of hydrogen-bond donors (Lipinski definition) is 1. The Kier molecular flexibility index (Phi) is 4.31. The Hall–Kier alpha value is -1.72. The van der Waals surface area contributed by atoms with Gasteiger partial charge in [0.1, 0.15) is 0 Å². The largest absolute Gasteiger partial charge is 0.377 e. The van der Waals surface area contributed by atoms with E-state index in [4.69, 9.17) is 9.26 Å². The zero-order chi connectivity index (χ0) is 14.7. The van der Waals surface area contributed by atoms with E-state index in [9.17, 15) is 0 Å². The van der Waals surface area contributed by atoms with Crippen LogP contribution >= 0.6 is 0 Å². The van der Waals surface area contributed by atoms with E-state index in [0.717, 1.165) is 25.1 Å². The van der Waals surface area contributed by atoms with Crippen molar-refractivity contribution in [2.24, 2.45) is 0 Å². The van der Waals surface area contributed by atoms with E-state index >= 15 is 0 Å². The molecule has 1 N–H and O–H groups in total. The summed E-state index contributed by atoms with van der Waals surface area (Å²) in [4.78, 5) is 4.50. The zero-order valence-corrected chi connectivity index (χ0v) is 12.5. The van der Waals surface area contributed by atoms with Crippen molar-refractivity contribution in [3.63, 3.8) is 0 Å². The smallest absolute Gasteiger partial charge is 0.231 e. The quantitative estimate of drug-likeness (QED) is 0.916. The Labute approximate surface area is 124 Å². The van der Waals surface area contributed by atoms with Gasteiger partial charge in [0.25, 0.3) is 0 Å². The van der Waals surface area contributed by atoms with Crippen molar-refractivity contribution in [1.29, 1.82) is 0 Å². The minimum atomic E-state index is 0.183. The van der Waals surface area contributed by atoms with Crippen LogP contribution < -0.4 is 5.32 Å². The fourth-order valence-electron chi connectivity index (χ4n) is 2.56. The molecule has 1 aliphatic heterocycles. The minimum absolute atomic E-state index is 0.183. The van der Waals surface area contributed by atoms with Gasteiger partial charge in [0, 0.05) is 30.7 Å². The number of benzene rings is 1. The maximum absolute atomic E-state index is 5.55. The molecule has 21 heavy (non-hydrogen) atoms. The number of nitrogens with one attached hydrogen (secondary N) is 1. The second kappa shape index (κ2) is 6.37. The summed E-state index contributed by atoms with van der Waals surface area (Å²) in [6, 6.07) is 10.3. The number of ether oxygens (including phenoxy) is 1. The minimum Gasteiger partial charge on any atom is -0.377 e. The highest BCUT2D eigenvalue weighted by Gasteiger charge is 2.25. The van der Waals surface area contributed by atoms with Gasteiger partial charge in [0.05, 0.1) is 6.10 Å². The third-order valence-electron chi connectivity index (χ3n) is 3.96. The first-order chi connectivity index (χ1) is 10.2. The van der Waals surface area contributed by atoms with Crippen molar-refractivity contribution in [3.8, 4) is 11.4 Å². The Morgan fingerprint density at radius 1 is 1.33 bits per heavy atom. The van der Waals surface area contributed by atoms with Crippen LogP contribution in [0, 0.1) is 0 Å². The van der Waals surface area contributed by atoms with Gasteiger partial charge >= 0.3 is 0 Å². The van der Waals surface area contributed by atoms with Gasteiger partial charge < -0.3 is 14.6 Å². The van der Waals surface area contributed by atoms with Crippen molar-refractivity contribution in [2.75, 3.05) is 13.2 Å². The highest BCUT2D eigenvalue weighted by atomic mass is 16.5. The van der Waals surface area contributed by atoms with Crippen molar-refractivity contribution < 1.29 is 9.26 Å². The molecule has 0 aliphatic carbocycles. The van der Waals surface area contributed by atoms with E-state index in [1.165, 1.54) is 0 Å². The topological polar surface area (TPSA) is 60.2 Å². The van der Waals surface area contributed by atoms with Crippen LogP contribution in [0.2, 0.25) is 0 Å². The van der Waals surface area contributed by atoms with Gasteiger partial charge in [0.15, 0.2) is 0 Å². The molecule has 1 saturated heterocycles. The molecule has 1 aromatic heterocycles. The molecule has 2 heterocycles. The molecule has 1 aromatic carbocycles. The Balaban J connectivity index is 1.60. The molecule has 3 atom stereocenters. The highest BCUT2D eigenvalue weighted by Crippen LogP contribution is 2.20. The Morgan fingerprint density at radius 2 is 2.14 bits per heavy atom. The van der Waals surface area contributed by atoms with Crippen molar-refractivity contribution in [1.82, 2.24) is 15.5 Å². The average Bonchev–Trinajstić information content (AvgIpc) is 3.15. The van der Waals surface area contributed by atoms with Crippen LogP contribution in [0.25, 0.3) is 11.4 Å². The lowest BCUT2D eigenvalue weighted by molar-refractivity contribution is 0.113. The summed E-state index contributed by atoms with van der Waals surface area (Å²) in [5.41, 5.74) is 0.977. The third-order valence-corrected chi connectivity index (χ3v) is 3.96. The van der Waals surface area contributed by atoms with Crippen LogP contribution in [0.4, 0.5) is 0 Å². The zero-order valence-electron chi connectivity index (χ0n) is 12.5. The normalized spacial score (nSPS) is 23.3. The summed E-state index contributed by atoms with van der Waals surface area (Å²) in [6.45, 7) is 5.85. The van der Waals surface area contributed by atoms with E-state index in [1.807, 2.05) is 30.3 Å². The Bertz CT molecular complexity index is 570. The van der Waals surface area contributed by atoms with Crippen molar-refractivity contribution in [3.05, 3.63) is 36.2 Å². The van der Waals surface area contributed by atoms with Gasteiger partial charge in [0.2, 0.25) is 11.7 Å². The van der Waals surface area contributed by atoms with Gasteiger partial charge in [-0.3, -0.25) is 0 Å². The van der Waals surface area contributed by atoms with Gasteiger partial charge in [-0.2, -0.15) is 4.98 Å². The van der Waals surface area contributed by atoms with E-state index in [1.54, 1.807) is 0 Å². The predicted molar refractivity (Wildman–Crippen MR) is 80.0 cm³/mol. The van der Waals surface area contributed by atoms with Crippen LogP contribution in [-0.4, -0.2) is 35.4 Å². The van der Waals surface area contributed by atoms with Crippen molar-refractivity contribution >= 4 is 0 Å². The predicted octanol–water partition coefficient (Wildman–Crippen LogP) is 2.61. The molecule has 0 amide bonds. The van der Waals surface area contributed by atoms with Crippen LogP contribution in [0.1, 0.15) is 32.1 Å². The maximum Gasteiger partial charge on any atom is 0.231 e. The van der Waals surface area contributed by atoms with Gasteiger partial charge in [-0.25, -0.2) is 0 Å². The SMILES string of the molecule is CC(CNC1CCOC1C)c1nc(-c2ccccc2)no1. The molecular weight excluding hydrogens is 266 g/mol. The average molecular weight is 287 g/mol. The van der Waals surface area contributed by atoms with Crippen molar-refractivity contribution in [2.45, 2.75) is 38.3 Å². The first kappa shape index (κ1) is 14.2. The molecule has 5 heteroatoms. The van der Waals surface area contributed by atoms with E-state index < -0.39 is 0 Å². The molecule has 1 fully saturated rings. The molecule has 5 nitrogen and oxygen atoms in total. The third kappa shape index (κ3) is 3.31. The van der Waals surface area contributed by atoms with Gasteiger partial charge in [-0.15, -0.1) is 0 Å². The molecule has 3 unspecified atom stereocenters. The first-order valence-corrected chi connectivity index (χ1v) is 7.48. The second-order valence-corrected chi connectivity index (χ2v) is 5.60. The summed E-state index contributed by atoms with van der Waals surface area (Å²) in [6.07, 6.45) is 1.34. The fraction of sp³-hybridized carbons (Fsp3) is 0.500. The van der Waals surface area contributed by atoms with Crippen LogP contribution in [0.15, 0.2) is 34.9 Å². The number of rotatable bonds is 5. The van der Waals surface area contributed by atoms with Gasteiger partial charge in [-0.05, 0) is 13.3 Å². The summed E-state index contributed by atoms with van der Waals surface area (Å²) in [7, 11) is 0. The first-order valence-electron chi connectivity index (χ1n) is 7.48. The number of hydrogen-bond acceptors (Lipinski definition) is 5. The van der Waals surface area contributed by atoms with E-state index in [-0.39, 0.29) is 12.0 Å². The molecule has 3 rings (SSSR count). The number of nitrogens with zero attached hydrogens (tertiary/aromatic N) is 2. The molecule has 0 spiro atoms. The lowest BCUT2D eigenvalue weighted by Gasteiger charge is -2.17. The lowest BCUT2D eigenvalue weighted by Crippen LogP contribution is -2.36. The Morgan fingerprint density at radius 3 is 2.86 bits per heavy atom. The summed E-state index contributed by atoms with van der Waals surface area (Å²) in [5.74, 6) is 1.51. The van der Waals surface area contributed by atoms with Gasteiger partial charge in [-0.1, -0.05) is 42.4 Å².